The zero-order chi connectivity index (χ0) is 26.7. The summed E-state index contributed by atoms with van der Waals surface area (Å²) in [6, 6.07) is 7.93. The molecule has 12 heteroatoms. The van der Waals surface area contributed by atoms with Crippen molar-refractivity contribution in [2.45, 2.75) is 24.7 Å². The normalized spacial score (nSPS) is 19.3. The molecule has 2 aliphatic rings. The Balaban J connectivity index is 1.28. The van der Waals surface area contributed by atoms with Gasteiger partial charge in [-0.15, -0.1) is 0 Å². The van der Waals surface area contributed by atoms with Gasteiger partial charge in [0.2, 0.25) is 21.9 Å². The van der Waals surface area contributed by atoms with Gasteiger partial charge >= 0.3 is 0 Å². The Labute approximate surface area is 220 Å². The number of piperazine rings is 1. The van der Waals surface area contributed by atoms with Crippen LogP contribution < -0.4 is 4.90 Å². The minimum atomic E-state index is -4.00. The summed E-state index contributed by atoms with van der Waals surface area (Å²) in [7, 11) is -4.00. The Hall–Kier alpha value is -3.64. The summed E-state index contributed by atoms with van der Waals surface area (Å²) in [4.78, 5) is 25.7. The molecule has 0 unspecified atom stereocenters. The predicted octanol–water partition coefficient (Wildman–Crippen LogP) is 2.83. The molecule has 1 atom stereocenters. The number of anilines is 1. The molecule has 0 saturated carbocycles. The first-order chi connectivity index (χ1) is 18.3. The smallest absolute Gasteiger partial charge is 0.248 e. The molecular weight excluding hydrogens is 511 g/mol. The van der Waals surface area contributed by atoms with E-state index in [1.165, 1.54) is 22.5 Å². The fourth-order valence-corrected chi connectivity index (χ4v) is 6.68. The Kier molecular flexibility index (Phi) is 7.52. The average Bonchev–Trinajstić information content (AvgIpc) is 3.33. The number of aromatic nitrogens is 3. The number of halogens is 1. The number of carbonyl (C=O) groups is 1. The standard InChI is InChI=1S/C26H29FN6O4S/c1-19-24(23(37-30-19)10-9-20-6-2-3-8-22(20)27)38(35,36)33-13-4-7-21(18-33)25(34)31-14-16-32(17-15-31)26-28-11-5-12-29-26/h2-3,5-6,8-12,21H,4,7,13-18H2,1H3/b10-9+/t21-/m0/s1. The maximum absolute atomic E-state index is 14.0. The molecule has 0 aliphatic carbocycles. The highest BCUT2D eigenvalue weighted by Gasteiger charge is 2.38. The number of aryl methyl sites for hydroxylation is 1. The van der Waals surface area contributed by atoms with Crippen molar-refractivity contribution in [2.24, 2.45) is 5.92 Å². The van der Waals surface area contributed by atoms with Crippen LogP contribution in [-0.4, -0.2) is 77.9 Å². The van der Waals surface area contributed by atoms with Gasteiger partial charge in [-0.3, -0.25) is 4.79 Å². The van der Waals surface area contributed by atoms with Gasteiger partial charge in [0.25, 0.3) is 0 Å². The van der Waals surface area contributed by atoms with Crippen LogP contribution in [0.5, 0.6) is 0 Å². The lowest BCUT2D eigenvalue weighted by molar-refractivity contribution is -0.137. The fourth-order valence-electron chi connectivity index (χ4n) is 4.91. The van der Waals surface area contributed by atoms with Crippen LogP contribution in [-0.2, 0) is 14.8 Å². The summed E-state index contributed by atoms with van der Waals surface area (Å²) < 4.78 is 48.0. The number of sulfonamides is 1. The lowest BCUT2D eigenvalue weighted by atomic mass is 9.98. The van der Waals surface area contributed by atoms with E-state index < -0.39 is 21.8 Å². The highest BCUT2D eigenvalue weighted by molar-refractivity contribution is 7.89. The molecule has 4 heterocycles. The second-order valence-electron chi connectivity index (χ2n) is 9.38. The van der Waals surface area contributed by atoms with E-state index in [1.807, 2.05) is 4.90 Å². The van der Waals surface area contributed by atoms with Gasteiger partial charge in [-0.2, -0.15) is 4.31 Å². The highest BCUT2D eigenvalue weighted by atomic mass is 32.2. The van der Waals surface area contributed by atoms with E-state index in [0.717, 1.165) is 0 Å². The highest BCUT2D eigenvalue weighted by Crippen LogP contribution is 2.30. The van der Waals surface area contributed by atoms with E-state index in [4.69, 9.17) is 4.52 Å². The Morgan fingerprint density at radius 3 is 2.53 bits per heavy atom. The molecule has 2 aliphatic heterocycles. The van der Waals surface area contributed by atoms with E-state index in [-0.39, 0.29) is 28.8 Å². The van der Waals surface area contributed by atoms with Crippen molar-refractivity contribution in [1.82, 2.24) is 24.3 Å². The first-order valence-electron chi connectivity index (χ1n) is 12.5. The predicted molar refractivity (Wildman–Crippen MR) is 139 cm³/mol. The van der Waals surface area contributed by atoms with Crippen molar-refractivity contribution in [1.29, 1.82) is 0 Å². The molecule has 10 nitrogen and oxygen atoms in total. The van der Waals surface area contributed by atoms with Gasteiger partial charge in [-0.1, -0.05) is 23.4 Å². The minimum Gasteiger partial charge on any atom is -0.355 e. The Morgan fingerprint density at radius 2 is 1.79 bits per heavy atom. The second-order valence-corrected chi connectivity index (χ2v) is 11.3. The lowest BCUT2D eigenvalue weighted by Gasteiger charge is -2.38. The van der Waals surface area contributed by atoms with Crippen LogP contribution in [0.2, 0.25) is 0 Å². The van der Waals surface area contributed by atoms with Crippen LogP contribution in [0.25, 0.3) is 12.2 Å². The molecule has 38 heavy (non-hydrogen) atoms. The van der Waals surface area contributed by atoms with Gasteiger partial charge in [0.05, 0.1) is 5.92 Å². The number of nitrogens with zero attached hydrogens (tertiary/aromatic N) is 6. The van der Waals surface area contributed by atoms with Crippen molar-refractivity contribution < 1.29 is 22.1 Å². The maximum Gasteiger partial charge on any atom is 0.248 e. The van der Waals surface area contributed by atoms with Gasteiger partial charge in [0.15, 0.2) is 10.7 Å². The van der Waals surface area contributed by atoms with Crippen LogP contribution in [0.15, 0.2) is 52.1 Å². The third-order valence-corrected chi connectivity index (χ3v) is 8.93. The van der Waals surface area contributed by atoms with Gasteiger partial charge < -0.3 is 14.3 Å². The molecule has 0 bridgehead atoms. The maximum atomic E-state index is 14.0. The molecule has 5 rings (SSSR count). The number of hydrogen-bond donors (Lipinski definition) is 0. The molecule has 3 aromatic rings. The minimum absolute atomic E-state index is 0.0263. The van der Waals surface area contributed by atoms with Crippen molar-refractivity contribution in [2.75, 3.05) is 44.2 Å². The quantitative estimate of drug-likeness (QED) is 0.469. The number of hydrogen-bond acceptors (Lipinski definition) is 8. The molecular formula is C26H29FN6O4S. The SMILES string of the molecule is Cc1noc(/C=C/c2ccccc2F)c1S(=O)(=O)N1CCC[C@H](C(=O)N2CCN(c3ncccn3)CC2)C1. The largest absolute Gasteiger partial charge is 0.355 e. The number of amides is 1. The van der Waals surface area contributed by atoms with Crippen LogP contribution in [0.3, 0.4) is 0 Å². The summed E-state index contributed by atoms with van der Waals surface area (Å²) in [5.74, 6) is -0.244. The van der Waals surface area contributed by atoms with Crippen molar-refractivity contribution >= 4 is 34.0 Å². The number of benzene rings is 1. The number of piperidine rings is 1. The van der Waals surface area contributed by atoms with Crippen molar-refractivity contribution in [3.63, 3.8) is 0 Å². The average molecular weight is 541 g/mol. The van der Waals surface area contributed by atoms with Gasteiger partial charge in [-0.25, -0.2) is 22.8 Å². The first kappa shape index (κ1) is 26.0. The number of carbonyl (C=O) groups excluding carboxylic acids is 1. The Morgan fingerprint density at radius 1 is 1.05 bits per heavy atom. The van der Waals surface area contributed by atoms with Crippen LogP contribution in [0.4, 0.5) is 10.3 Å². The summed E-state index contributed by atoms with van der Waals surface area (Å²) in [5.41, 5.74) is 0.512. The van der Waals surface area contributed by atoms with E-state index in [9.17, 15) is 17.6 Å². The van der Waals surface area contributed by atoms with E-state index in [1.54, 1.807) is 48.5 Å². The topological polar surface area (TPSA) is 113 Å². The summed E-state index contributed by atoms with van der Waals surface area (Å²) in [5, 5.41) is 3.86. The summed E-state index contributed by atoms with van der Waals surface area (Å²) in [6.07, 6.45) is 7.43. The summed E-state index contributed by atoms with van der Waals surface area (Å²) >= 11 is 0. The first-order valence-corrected chi connectivity index (χ1v) is 14.0. The third-order valence-electron chi connectivity index (χ3n) is 6.91. The molecule has 1 aromatic carbocycles. The molecule has 1 amide bonds. The van der Waals surface area contributed by atoms with Crippen LogP contribution in [0.1, 0.15) is 29.9 Å². The summed E-state index contributed by atoms with van der Waals surface area (Å²) in [6.45, 7) is 4.21. The monoisotopic (exact) mass is 540 g/mol. The lowest BCUT2D eigenvalue weighted by Crippen LogP contribution is -2.53. The molecule has 2 saturated heterocycles. The zero-order valence-electron chi connectivity index (χ0n) is 21.0. The second kappa shape index (κ2) is 11.0. The molecule has 2 fully saturated rings. The van der Waals surface area contributed by atoms with Gasteiger partial charge in [0.1, 0.15) is 11.5 Å². The van der Waals surface area contributed by atoms with Crippen LogP contribution in [0, 0.1) is 18.7 Å². The fraction of sp³-hybridized carbons (Fsp3) is 0.385. The third kappa shape index (κ3) is 5.32. The van der Waals surface area contributed by atoms with Gasteiger partial charge in [-0.05, 0) is 44.1 Å². The Bertz CT molecular complexity index is 1420. The van der Waals surface area contributed by atoms with E-state index in [2.05, 4.69) is 15.1 Å². The molecule has 0 N–H and O–H groups in total. The molecule has 2 aromatic heterocycles. The van der Waals surface area contributed by atoms with Crippen molar-refractivity contribution in [3.05, 3.63) is 65.6 Å². The molecule has 200 valence electrons. The van der Waals surface area contributed by atoms with Crippen LogP contribution >= 0.6 is 0 Å². The van der Waals surface area contributed by atoms with E-state index >= 15 is 0 Å². The van der Waals surface area contributed by atoms with Crippen molar-refractivity contribution in [3.8, 4) is 0 Å². The molecule has 0 spiro atoms. The molecule has 0 radical (unpaired) electrons. The van der Waals surface area contributed by atoms with Gasteiger partial charge in [0, 0.05) is 57.2 Å². The number of rotatable bonds is 6. The van der Waals surface area contributed by atoms with E-state index in [0.29, 0.717) is 57.1 Å². The zero-order valence-corrected chi connectivity index (χ0v) is 21.8.